The summed E-state index contributed by atoms with van der Waals surface area (Å²) in [5.74, 6) is 0.647. The molecule has 2 aliphatic heterocycles. The van der Waals surface area contributed by atoms with Crippen LogP contribution in [-0.2, 0) is 16.1 Å². The number of fused-ring (bicyclic) bond motifs is 1. The van der Waals surface area contributed by atoms with Crippen LogP contribution in [0.15, 0.2) is 86.6 Å². The first-order valence-electron chi connectivity index (χ1n) is 12.8. The second-order valence-electron chi connectivity index (χ2n) is 9.01. The number of amides is 1. The van der Waals surface area contributed by atoms with E-state index in [-0.39, 0.29) is 5.91 Å². The van der Waals surface area contributed by atoms with Gasteiger partial charge >= 0.3 is 0 Å². The van der Waals surface area contributed by atoms with Gasteiger partial charge in [0.1, 0.15) is 17.3 Å². The van der Waals surface area contributed by atoms with Crippen molar-refractivity contribution in [3.8, 4) is 11.8 Å². The van der Waals surface area contributed by atoms with Crippen molar-refractivity contribution in [1.82, 2.24) is 4.90 Å². The fourth-order valence-electron chi connectivity index (χ4n) is 4.32. The third kappa shape index (κ3) is 5.82. The van der Waals surface area contributed by atoms with E-state index < -0.39 is 0 Å². The van der Waals surface area contributed by atoms with E-state index in [0.29, 0.717) is 47.6 Å². The molecule has 0 saturated carbocycles. The molecule has 204 valence electrons. The summed E-state index contributed by atoms with van der Waals surface area (Å²) in [5.41, 5.74) is 3.92. The summed E-state index contributed by atoms with van der Waals surface area (Å²) in [4.78, 5) is 24.3. The van der Waals surface area contributed by atoms with Gasteiger partial charge in [0.2, 0.25) is 0 Å². The molecule has 8 nitrogen and oxygen atoms in total. The van der Waals surface area contributed by atoms with Gasteiger partial charge in [-0.05, 0) is 54.6 Å². The van der Waals surface area contributed by atoms with Gasteiger partial charge in [0.05, 0.1) is 46.9 Å². The Bertz CT molecular complexity index is 1520. The second-order valence-corrected chi connectivity index (χ2v) is 11.0. The predicted octanol–water partition coefficient (Wildman–Crippen LogP) is 6.19. The first kappa shape index (κ1) is 27.6. The lowest BCUT2D eigenvalue weighted by molar-refractivity contribution is -0.122. The lowest BCUT2D eigenvalue weighted by atomic mass is 10.2. The van der Waals surface area contributed by atoms with Crippen molar-refractivity contribution < 1.29 is 14.3 Å². The normalized spacial score (nSPS) is 17.4. The smallest absolute Gasteiger partial charge is 0.269 e. The number of amidine groups is 1. The molecule has 0 aromatic heterocycles. The highest BCUT2D eigenvalue weighted by atomic mass is 32.2. The highest BCUT2D eigenvalue weighted by molar-refractivity contribution is 8.19. The topological polar surface area (TPSA) is 90.2 Å². The molecule has 0 aliphatic carbocycles. The SMILES string of the molecule is CCNc1ccc(C#N)cc1/N=C1/S/C(=C2\Sc3ccc(OCCOC)cc3N2C)C(=O)N1Cc1ccccc1. The molecular formula is C30H29N5O3S2. The Morgan fingerprint density at radius 2 is 1.88 bits per heavy atom. The molecule has 10 heteroatoms. The summed E-state index contributed by atoms with van der Waals surface area (Å²) in [6.07, 6.45) is 0. The molecular weight excluding hydrogens is 542 g/mol. The molecule has 0 radical (unpaired) electrons. The molecule has 0 spiro atoms. The molecule has 2 heterocycles. The zero-order valence-electron chi connectivity index (χ0n) is 22.5. The Kier molecular flexibility index (Phi) is 8.65. The number of thioether (sulfide) groups is 2. The van der Waals surface area contributed by atoms with Crippen LogP contribution in [0.25, 0.3) is 0 Å². The minimum absolute atomic E-state index is 0.104. The molecule has 1 N–H and O–H groups in total. The number of nitriles is 1. The number of aliphatic imine (C=N–C) groups is 1. The molecule has 2 aliphatic rings. The molecule has 5 rings (SSSR count). The van der Waals surface area contributed by atoms with Gasteiger partial charge in [-0.1, -0.05) is 42.1 Å². The average molecular weight is 572 g/mol. The first-order chi connectivity index (χ1) is 19.5. The number of hydrogen-bond donors (Lipinski definition) is 1. The molecule has 40 heavy (non-hydrogen) atoms. The van der Waals surface area contributed by atoms with Gasteiger partial charge in [-0.2, -0.15) is 5.26 Å². The van der Waals surface area contributed by atoms with Gasteiger partial charge in [0.25, 0.3) is 5.91 Å². The van der Waals surface area contributed by atoms with E-state index in [4.69, 9.17) is 14.5 Å². The number of nitrogens with one attached hydrogen (secondary N) is 1. The monoisotopic (exact) mass is 571 g/mol. The first-order valence-corrected chi connectivity index (χ1v) is 14.5. The zero-order chi connectivity index (χ0) is 28.1. The van der Waals surface area contributed by atoms with Gasteiger partial charge in [-0.25, -0.2) is 4.99 Å². The summed E-state index contributed by atoms with van der Waals surface area (Å²) < 4.78 is 10.9. The van der Waals surface area contributed by atoms with Crippen molar-refractivity contribution in [2.24, 2.45) is 4.99 Å². The van der Waals surface area contributed by atoms with Crippen molar-refractivity contribution in [2.45, 2.75) is 18.4 Å². The fraction of sp³-hybridized carbons (Fsp3) is 0.233. The van der Waals surface area contributed by atoms with Crippen molar-refractivity contribution in [1.29, 1.82) is 5.26 Å². The van der Waals surface area contributed by atoms with Crippen molar-refractivity contribution >= 4 is 51.7 Å². The number of hydrogen-bond acceptors (Lipinski definition) is 9. The minimum Gasteiger partial charge on any atom is -0.491 e. The maximum Gasteiger partial charge on any atom is 0.269 e. The van der Waals surface area contributed by atoms with Crippen LogP contribution in [-0.4, -0.2) is 49.9 Å². The van der Waals surface area contributed by atoms with Gasteiger partial charge in [0.15, 0.2) is 5.17 Å². The van der Waals surface area contributed by atoms with Gasteiger partial charge in [-0.3, -0.25) is 9.69 Å². The molecule has 3 aromatic rings. The third-order valence-electron chi connectivity index (χ3n) is 6.31. The number of carbonyl (C=O) groups is 1. The van der Waals surface area contributed by atoms with Gasteiger partial charge < -0.3 is 19.7 Å². The van der Waals surface area contributed by atoms with Crippen LogP contribution < -0.4 is 15.0 Å². The Labute approximate surface area is 242 Å². The lowest BCUT2D eigenvalue weighted by Crippen LogP contribution is -2.29. The Morgan fingerprint density at radius 1 is 1.05 bits per heavy atom. The fourth-order valence-corrected chi connectivity index (χ4v) is 6.63. The van der Waals surface area contributed by atoms with E-state index in [0.717, 1.165) is 32.6 Å². The molecule has 1 amide bonds. The Morgan fingerprint density at radius 3 is 2.62 bits per heavy atom. The summed E-state index contributed by atoms with van der Waals surface area (Å²) in [5, 5.41) is 14.2. The number of benzene rings is 3. The minimum atomic E-state index is -0.104. The van der Waals surface area contributed by atoms with Crippen LogP contribution in [0.5, 0.6) is 5.75 Å². The molecule has 0 bridgehead atoms. The van der Waals surface area contributed by atoms with E-state index in [9.17, 15) is 10.1 Å². The Hall–Kier alpha value is -3.91. The highest BCUT2D eigenvalue weighted by Crippen LogP contribution is 2.51. The summed E-state index contributed by atoms with van der Waals surface area (Å²) >= 11 is 2.92. The lowest BCUT2D eigenvalue weighted by Gasteiger charge is -2.17. The summed E-state index contributed by atoms with van der Waals surface area (Å²) in [6.45, 7) is 4.07. The molecule has 0 unspecified atom stereocenters. The molecule has 0 atom stereocenters. The molecule has 3 aromatic carbocycles. The molecule has 1 saturated heterocycles. The summed E-state index contributed by atoms with van der Waals surface area (Å²) in [6, 6.07) is 23.4. The third-order valence-corrected chi connectivity index (χ3v) is 8.74. The number of methoxy groups -OCH3 is 1. The number of nitrogens with zero attached hydrogens (tertiary/aromatic N) is 4. The van der Waals surface area contributed by atoms with Crippen molar-refractivity contribution in [3.63, 3.8) is 0 Å². The second kappa shape index (κ2) is 12.5. The van der Waals surface area contributed by atoms with E-state index >= 15 is 0 Å². The maximum absolute atomic E-state index is 14.0. The zero-order valence-corrected chi connectivity index (χ0v) is 24.1. The van der Waals surface area contributed by atoms with Crippen molar-refractivity contribution in [3.05, 3.63) is 87.8 Å². The average Bonchev–Trinajstić information content (AvgIpc) is 3.45. The number of anilines is 2. The van der Waals surface area contributed by atoms with Crippen LogP contribution in [0.2, 0.25) is 0 Å². The van der Waals surface area contributed by atoms with Crippen LogP contribution in [0.1, 0.15) is 18.1 Å². The number of rotatable bonds is 9. The largest absolute Gasteiger partial charge is 0.491 e. The van der Waals surface area contributed by atoms with Crippen LogP contribution >= 0.6 is 23.5 Å². The van der Waals surface area contributed by atoms with Gasteiger partial charge in [-0.15, -0.1) is 0 Å². The number of carbonyl (C=O) groups excluding carboxylic acids is 1. The maximum atomic E-state index is 14.0. The predicted molar refractivity (Wildman–Crippen MR) is 162 cm³/mol. The highest BCUT2D eigenvalue weighted by Gasteiger charge is 2.39. The molecule has 1 fully saturated rings. The van der Waals surface area contributed by atoms with Crippen LogP contribution in [0.4, 0.5) is 17.1 Å². The van der Waals surface area contributed by atoms with Crippen LogP contribution in [0.3, 0.4) is 0 Å². The van der Waals surface area contributed by atoms with Crippen LogP contribution in [0, 0.1) is 11.3 Å². The Balaban J connectivity index is 1.53. The standard InChI is InChI=1S/C30H29N5O3S2/c1-4-32-23-12-10-21(18-31)16-24(23)33-30-35(19-20-8-6-5-7-9-20)28(36)27(40-30)29-34(2)25-17-22(38-15-14-37-3)11-13-26(25)39-29/h5-13,16-17,32H,4,14-15,19H2,1-3H3/b29-27-,33-30+. The van der Waals surface area contributed by atoms with E-state index in [2.05, 4.69) is 11.4 Å². The van der Waals surface area contributed by atoms with E-state index in [1.807, 2.05) is 73.5 Å². The number of ether oxygens (including phenoxy) is 2. The van der Waals surface area contributed by atoms with E-state index in [1.54, 1.807) is 35.9 Å². The quantitative estimate of drug-likeness (QED) is 0.240. The van der Waals surface area contributed by atoms with Crippen molar-refractivity contribution in [2.75, 3.05) is 44.1 Å². The van der Waals surface area contributed by atoms with Gasteiger partial charge in [0, 0.05) is 31.7 Å². The summed E-state index contributed by atoms with van der Waals surface area (Å²) in [7, 11) is 3.61. The van der Waals surface area contributed by atoms with E-state index in [1.165, 1.54) is 11.8 Å².